The van der Waals surface area contributed by atoms with Gasteiger partial charge in [-0.05, 0) is 88.9 Å². The number of nitrogens with one attached hydrogen (secondary N) is 2. The molecular weight excluding hydrogens is 735 g/mol. The zero-order chi connectivity index (χ0) is 36.2. The molecule has 49 heavy (non-hydrogen) atoms. The van der Waals surface area contributed by atoms with Gasteiger partial charge >= 0.3 is 13.7 Å². The number of hydrogen-bond acceptors (Lipinski definition) is 10. The normalized spacial score (nSPS) is 14.3. The summed E-state index contributed by atoms with van der Waals surface area (Å²) in [6.07, 6.45) is 8.83. The van der Waals surface area contributed by atoms with E-state index in [1.807, 2.05) is 0 Å². The van der Waals surface area contributed by atoms with E-state index in [9.17, 15) is 22.6 Å². The highest BCUT2D eigenvalue weighted by Gasteiger charge is 2.30. The number of rotatable bonds is 12. The number of halogens is 1. The number of sulfone groups is 1. The summed E-state index contributed by atoms with van der Waals surface area (Å²) < 4.78 is 53.5. The molecule has 4 rings (SSSR count). The number of amides is 2. The summed E-state index contributed by atoms with van der Waals surface area (Å²) >= 11 is 3.28. The fourth-order valence-corrected chi connectivity index (χ4v) is 7.75. The molecule has 3 aromatic rings. The van der Waals surface area contributed by atoms with Crippen LogP contribution in [0.1, 0.15) is 78.2 Å². The molecule has 12 nitrogen and oxygen atoms in total. The summed E-state index contributed by atoms with van der Waals surface area (Å²) in [5.41, 5.74) is 0.248. The van der Waals surface area contributed by atoms with Crippen LogP contribution in [-0.4, -0.2) is 55.5 Å². The minimum Gasteiger partial charge on any atom is -0.444 e. The topological polar surface area (TPSA) is 163 Å². The van der Waals surface area contributed by atoms with Crippen LogP contribution in [0.3, 0.4) is 0 Å². The van der Waals surface area contributed by atoms with Crippen LogP contribution in [0.5, 0.6) is 0 Å². The molecule has 0 aliphatic heterocycles. The van der Waals surface area contributed by atoms with Gasteiger partial charge in [0.05, 0.1) is 29.3 Å². The number of carbonyl (C=O) groups is 2. The molecule has 0 saturated heterocycles. The van der Waals surface area contributed by atoms with E-state index in [1.54, 1.807) is 83.3 Å². The molecule has 0 unspecified atom stereocenters. The first-order valence-electron chi connectivity index (χ1n) is 16.1. The first-order valence-corrected chi connectivity index (χ1v) is 20.3. The van der Waals surface area contributed by atoms with E-state index in [-0.39, 0.29) is 29.8 Å². The Morgan fingerprint density at radius 3 is 2.04 bits per heavy atom. The van der Waals surface area contributed by atoms with Crippen LogP contribution in [0.25, 0.3) is 0 Å². The summed E-state index contributed by atoms with van der Waals surface area (Å²) in [4.78, 5) is 33.2. The molecular formula is C34H46BrN4O8PS. The van der Waals surface area contributed by atoms with Crippen molar-refractivity contribution < 1.29 is 36.4 Å². The van der Waals surface area contributed by atoms with Gasteiger partial charge in [0, 0.05) is 23.1 Å². The maximum absolute atomic E-state index is 13.4. The molecule has 2 N–H and O–H groups in total. The third kappa shape index (κ3) is 13.2. The molecule has 15 heteroatoms. The lowest BCUT2D eigenvalue weighted by atomic mass is 9.87. The minimum atomic E-state index is -3.52. The Balaban J connectivity index is 0.000000362. The minimum absolute atomic E-state index is 0.216. The first-order chi connectivity index (χ1) is 23.0. The quantitative estimate of drug-likeness (QED) is 0.173. The molecule has 1 aliphatic rings. The van der Waals surface area contributed by atoms with Gasteiger partial charge in [0.25, 0.3) is 0 Å². The Kier molecular flexibility index (Phi) is 14.9. The molecule has 2 amide bonds. The fourth-order valence-electron chi connectivity index (χ4n) is 5.20. The second-order valence-electron chi connectivity index (χ2n) is 12.5. The number of benzene rings is 1. The smallest absolute Gasteiger partial charge is 0.413 e. The van der Waals surface area contributed by atoms with Crippen LogP contribution in [0.2, 0.25) is 0 Å². The SMILES string of the molecule is CC(C)(C)OC(=O)Nc1cc(Br)ccn1.CCOP(=O)(OCC)c1ccnc(NC(=O)[C@H](CC2CCCC2)c2ccc(S(C)(=O)=O)cc2)c1. The predicted octanol–water partition coefficient (Wildman–Crippen LogP) is 7.87. The summed E-state index contributed by atoms with van der Waals surface area (Å²) in [5, 5.41) is 5.72. The van der Waals surface area contributed by atoms with Gasteiger partial charge < -0.3 is 19.1 Å². The lowest BCUT2D eigenvalue weighted by molar-refractivity contribution is -0.118. The van der Waals surface area contributed by atoms with Gasteiger partial charge in [0.1, 0.15) is 17.2 Å². The van der Waals surface area contributed by atoms with Crippen LogP contribution in [0, 0.1) is 5.92 Å². The van der Waals surface area contributed by atoms with Gasteiger partial charge in [-0.25, -0.2) is 23.2 Å². The van der Waals surface area contributed by atoms with E-state index in [1.165, 1.54) is 12.3 Å². The van der Waals surface area contributed by atoms with Crippen molar-refractivity contribution in [2.45, 2.75) is 83.1 Å². The van der Waals surface area contributed by atoms with E-state index < -0.39 is 35.0 Å². The zero-order valence-corrected chi connectivity index (χ0v) is 32.1. The van der Waals surface area contributed by atoms with Crippen LogP contribution in [-0.2, 0) is 33.0 Å². The van der Waals surface area contributed by atoms with Crippen molar-refractivity contribution in [3.05, 3.63) is 71.0 Å². The maximum atomic E-state index is 13.4. The Morgan fingerprint density at radius 1 is 0.939 bits per heavy atom. The van der Waals surface area contributed by atoms with E-state index in [0.29, 0.717) is 23.5 Å². The molecule has 0 spiro atoms. The fraction of sp³-hybridized carbons (Fsp3) is 0.471. The van der Waals surface area contributed by atoms with Gasteiger partial charge in [-0.15, -0.1) is 0 Å². The van der Waals surface area contributed by atoms with Crippen LogP contribution in [0.15, 0.2) is 70.3 Å². The molecule has 0 bridgehead atoms. The van der Waals surface area contributed by atoms with Crippen LogP contribution < -0.4 is 15.9 Å². The van der Waals surface area contributed by atoms with Crippen molar-refractivity contribution in [1.29, 1.82) is 0 Å². The Hall–Kier alpha value is -3.16. The summed E-state index contributed by atoms with van der Waals surface area (Å²) in [5.74, 6) is 0.435. The summed E-state index contributed by atoms with van der Waals surface area (Å²) in [6, 6.07) is 13.0. The Bertz CT molecular complexity index is 1700. The number of pyridine rings is 2. The molecule has 1 aromatic carbocycles. The van der Waals surface area contributed by atoms with Gasteiger partial charge in [0.2, 0.25) is 5.91 Å². The molecule has 0 radical (unpaired) electrons. The highest BCUT2D eigenvalue weighted by molar-refractivity contribution is 9.10. The van der Waals surface area contributed by atoms with Gasteiger partial charge in [-0.3, -0.25) is 14.7 Å². The number of nitrogens with zero attached hydrogens (tertiary/aromatic N) is 2. The Labute approximate surface area is 297 Å². The molecule has 2 aromatic heterocycles. The second-order valence-corrected chi connectivity index (χ2v) is 17.4. The molecule has 1 saturated carbocycles. The average Bonchev–Trinajstić information content (AvgIpc) is 3.53. The molecule has 268 valence electrons. The highest BCUT2D eigenvalue weighted by atomic mass is 79.9. The van der Waals surface area contributed by atoms with Crippen molar-refractivity contribution >= 4 is 62.3 Å². The average molecular weight is 782 g/mol. The van der Waals surface area contributed by atoms with Gasteiger partial charge in [-0.1, -0.05) is 53.7 Å². The number of aromatic nitrogens is 2. The Morgan fingerprint density at radius 2 is 1.51 bits per heavy atom. The molecule has 1 fully saturated rings. The van der Waals surface area contributed by atoms with Gasteiger partial charge in [-0.2, -0.15) is 0 Å². The lowest BCUT2D eigenvalue weighted by Crippen LogP contribution is -2.27. The lowest BCUT2D eigenvalue weighted by Gasteiger charge is -2.21. The molecule has 1 aliphatic carbocycles. The number of carbonyl (C=O) groups excluding carboxylic acids is 2. The van der Waals surface area contributed by atoms with Crippen LogP contribution >= 0.6 is 23.5 Å². The third-order valence-electron chi connectivity index (χ3n) is 7.33. The number of hydrogen-bond donors (Lipinski definition) is 2. The summed E-state index contributed by atoms with van der Waals surface area (Å²) in [6.45, 7) is 9.32. The second kappa shape index (κ2) is 18.2. The number of anilines is 2. The van der Waals surface area contributed by atoms with Crippen molar-refractivity contribution in [2.75, 3.05) is 30.1 Å². The van der Waals surface area contributed by atoms with E-state index in [2.05, 4.69) is 36.5 Å². The monoisotopic (exact) mass is 780 g/mol. The van der Waals surface area contributed by atoms with Gasteiger partial charge in [0.15, 0.2) is 9.84 Å². The zero-order valence-electron chi connectivity index (χ0n) is 28.8. The summed E-state index contributed by atoms with van der Waals surface area (Å²) in [7, 11) is -6.84. The first kappa shape index (κ1) is 40.3. The van der Waals surface area contributed by atoms with E-state index >= 15 is 0 Å². The van der Waals surface area contributed by atoms with Crippen molar-refractivity contribution in [3.63, 3.8) is 0 Å². The third-order valence-corrected chi connectivity index (χ3v) is 11.1. The van der Waals surface area contributed by atoms with Crippen LogP contribution in [0.4, 0.5) is 16.4 Å². The maximum Gasteiger partial charge on any atom is 0.413 e. The highest BCUT2D eigenvalue weighted by Crippen LogP contribution is 2.47. The molecule has 1 atom stereocenters. The largest absolute Gasteiger partial charge is 0.444 e. The number of ether oxygens (including phenoxy) is 1. The van der Waals surface area contributed by atoms with E-state index in [4.69, 9.17) is 13.8 Å². The van der Waals surface area contributed by atoms with Crippen molar-refractivity contribution in [2.24, 2.45) is 5.92 Å². The standard InChI is InChI=1S/C24H33N2O6PS.C10H13BrN2O2/c1-4-31-33(28,32-5-2)20-14-15-25-23(17-20)26-24(27)22(16-18-8-6-7-9-18)19-10-12-21(13-11-19)34(3,29)30;1-10(2,3)15-9(14)13-8-6-7(11)4-5-12-8/h10-15,17-18,22H,4-9,16H2,1-3H3,(H,25,26,27);4-6H,1-3H3,(H,12,13,14)/t22-;/m1./s1. The molecule has 2 heterocycles. The van der Waals surface area contributed by atoms with Crippen molar-refractivity contribution in [1.82, 2.24) is 9.97 Å². The predicted molar refractivity (Wildman–Crippen MR) is 194 cm³/mol. The van der Waals surface area contributed by atoms with Crippen molar-refractivity contribution in [3.8, 4) is 0 Å². The van der Waals surface area contributed by atoms with E-state index in [0.717, 1.165) is 42.0 Å².